The van der Waals surface area contributed by atoms with Gasteiger partial charge in [0.2, 0.25) is 5.91 Å². The van der Waals surface area contributed by atoms with Gasteiger partial charge >= 0.3 is 0 Å². The van der Waals surface area contributed by atoms with Crippen LogP contribution in [0.25, 0.3) is 0 Å². The highest BCUT2D eigenvalue weighted by molar-refractivity contribution is 5.91. The smallest absolute Gasteiger partial charge is 0.244 e. The van der Waals surface area contributed by atoms with Crippen molar-refractivity contribution in [2.75, 3.05) is 5.32 Å². The van der Waals surface area contributed by atoms with Crippen LogP contribution in [-0.2, 0) is 17.9 Å². The van der Waals surface area contributed by atoms with Crippen LogP contribution < -0.4 is 10.6 Å². The second kappa shape index (κ2) is 7.04. The largest absolute Gasteiger partial charge is 0.328 e. The Morgan fingerprint density at radius 3 is 2.81 bits per heavy atom. The molecular weight excluding hydrogens is 264 g/mol. The predicted octanol–water partition coefficient (Wildman–Crippen LogP) is 2.33. The molecule has 112 valence electrons. The first kappa shape index (κ1) is 15.3. The highest BCUT2D eigenvalue weighted by Crippen LogP contribution is 2.13. The van der Waals surface area contributed by atoms with Crippen molar-refractivity contribution in [2.24, 2.45) is 0 Å². The third-order valence-electron chi connectivity index (χ3n) is 3.12. The van der Waals surface area contributed by atoms with Gasteiger partial charge in [-0.15, -0.1) is 0 Å². The summed E-state index contributed by atoms with van der Waals surface area (Å²) in [6, 6.07) is 8.16. The van der Waals surface area contributed by atoms with Crippen LogP contribution in [0.3, 0.4) is 0 Å². The highest BCUT2D eigenvalue weighted by Gasteiger charge is 2.06. The van der Waals surface area contributed by atoms with Crippen LogP contribution >= 0.6 is 0 Å². The quantitative estimate of drug-likeness (QED) is 0.857. The average Bonchev–Trinajstić information content (AvgIpc) is 2.86. The molecule has 0 bridgehead atoms. The maximum absolute atomic E-state index is 12.0. The van der Waals surface area contributed by atoms with Gasteiger partial charge in [0.1, 0.15) is 6.54 Å². The van der Waals surface area contributed by atoms with Gasteiger partial charge in [-0.25, -0.2) is 4.98 Å². The third-order valence-corrected chi connectivity index (χ3v) is 3.12. The SMILES string of the molecule is Cc1ccccc1NC(=O)Cn1cnc(CNC(C)C)c1. The first-order valence-electron chi connectivity index (χ1n) is 7.14. The molecule has 5 nitrogen and oxygen atoms in total. The van der Waals surface area contributed by atoms with Gasteiger partial charge in [0.15, 0.2) is 0 Å². The summed E-state index contributed by atoms with van der Waals surface area (Å²) in [7, 11) is 0. The number of amides is 1. The number of carbonyl (C=O) groups excluding carboxylic acids is 1. The zero-order chi connectivity index (χ0) is 15.2. The molecule has 21 heavy (non-hydrogen) atoms. The number of rotatable bonds is 6. The molecule has 5 heteroatoms. The maximum atomic E-state index is 12.0. The Morgan fingerprint density at radius 1 is 1.33 bits per heavy atom. The van der Waals surface area contributed by atoms with E-state index in [1.807, 2.05) is 37.4 Å². The van der Waals surface area contributed by atoms with E-state index in [9.17, 15) is 4.79 Å². The van der Waals surface area contributed by atoms with Crippen LogP contribution in [0.2, 0.25) is 0 Å². The average molecular weight is 286 g/mol. The number of imidazole rings is 1. The summed E-state index contributed by atoms with van der Waals surface area (Å²) >= 11 is 0. The fourth-order valence-corrected chi connectivity index (χ4v) is 1.96. The van der Waals surface area contributed by atoms with E-state index in [-0.39, 0.29) is 12.5 Å². The molecule has 0 saturated heterocycles. The molecular formula is C16H22N4O. The van der Waals surface area contributed by atoms with Crippen LogP contribution in [0.15, 0.2) is 36.8 Å². The predicted molar refractivity (Wildman–Crippen MR) is 84.0 cm³/mol. The van der Waals surface area contributed by atoms with Crippen LogP contribution in [-0.4, -0.2) is 21.5 Å². The van der Waals surface area contributed by atoms with Crippen molar-refractivity contribution in [1.29, 1.82) is 0 Å². The van der Waals surface area contributed by atoms with E-state index in [0.717, 1.165) is 16.9 Å². The van der Waals surface area contributed by atoms with E-state index in [4.69, 9.17) is 0 Å². The minimum atomic E-state index is -0.0509. The molecule has 0 spiro atoms. The van der Waals surface area contributed by atoms with Gasteiger partial charge in [-0.05, 0) is 18.6 Å². The molecule has 0 radical (unpaired) electrons. The number of hydrogen-bond acceptors (Lipinski definition) is 3. The fourth-order valence-electron chi connectivity index (χ4n) is 1.96. The van der Waals surface area contributed by atoms with E-state index in [1.165, 1.54) is 0 Å². The number of aryl methyl sites for hydroxylation is 1. The number of anilines is 1. The first-order chi connectivity index (χ1) is 10.0. The molecule has 0 aliphatic carbocycles. The molecule has 2 N–H and O–H groups in total. The molecule has 0 aliphatic rings. The molecule has 1 amide bonds. The van der Waals surface area contributed by atoms with Gasteiger partial charge in [0, 0.05) is 24.5 Å². The molecule has 1 aromatic heterocycles. The van der Waals surface area contributed by atoms with Crippen LogP contribution in [0.1, 0.15) is 25.1 Å². The van der Waals surface area contributed by atoms with E-state index in [1.54, 1.807) is 10.9 Å². The Kier molecular flexibility index (Phi) is 5.11. The van der Waals surface area contributed by atoms with Crippen LogP contribution in [0.4, 0.5) is 5.69 Å². The van der Waals surface area contributed by atoms with Crippen molar-refractivity contribution in [3.63, 3.8) is 0 Å². The zero-order valence-electron chi connectivity index (χ0n) is 12.8. The lowest BCUT2D eigenvalue weighted by Gasteiger charge is -2.08. The Morgan fingerprint density at radius 2 is 2.10 bits per heavy atom. The number of carbonyl (C=O) groups is 1. The molecule has 0 unspecified atom stereocenters. The summed E-state index contributed by atoms with van der Waals surface area (Å²) in [5.41, 5.74) is 2.84. The summed E-state index contributed by atoms with van der Waals surface area (Å²) in [5, 5.41) is 6.21. The molecule has 1 heterocycles. The van der Waals surface area contributed by atoms with E-state index in [0.29, 0.717) is 12.6 Å². The monoisotopic (exact) mass is 286 g/mol. The fraction of sp³-hybridized carbons (Fsp3) is 0.375. The summed E-state index contributed by atoms with van der Waals surface area (Å²) in [4.78, 5) is 16.3. The van der Waals surface area contributed by atoms with Gasteiger partial charge in [-0.2, -0.15) is 0 Å². The minimum absolute atomic E-state index is 0.0509. The van der Waals surface area contributed by atoms with Gasteiger partial charge in [-0.1, -0.05) is 32.0 Å². The number of nitrogens with zero attached hydrogens (tertiary/aromatic N) is 2. The van der Waals surface area contributed by atoms with Crippen molar-refractivity contribution >= 4 is 11.6 Å². The second-order valence-electron chi connectivity index (χ2n) is 5.44. The van der Waals surface area contributed by atoms with E-state index >= 15 is 0 Å². The van der Waals surface area contributed by atoms with Crippen molar-refractivity contribution in [3.8, 4) is 0 Å². The number of hydrogen-bond donors (Lipinski definition) is 2. The Bertz CT molecular complexity index is 604. The van der Waals surface area contributed by atoms with Crippen molar-refractivity contribution < 1.29 is 4.79 Å². The minimum Gasteiger partial charge on any atom is -0.328 e. The summed E-state index contributed by atoms with van der Waals surface area (Å²) in [6.07, 6.45) is 3.58. The summed E-state index contributed by atoms with van der Waals surface area (Å²) in [6.45, 7) is 7.13. The first-order valence-corrected chi connectivity index (χ1v) is 7.14. The third kappa shape index (κ3) is 4.72. The van der Waals surface area contributed by atoms with Crippen molar-refractivity contribution in [2.45, 2.75) is 39.9 Å². The number of nitrogens with one attached hydrogen (secondary N) is 2. The summed E-state index contributed by atoms with van der Waals surface area (Å²) in [5.74, 6) is -0.0509. The molecule has 2 rings (SSSR count). The zero-order valence-corrected chi connectivity index (χ0v) is 12.8. The van der Waals surface area contributed by atoms with Gasteiger partial charge in [0.05, 0.1) is 12.0 Å². The molecule has 1 aromatic carbocycles. The lowest BCUT2D eigenvalue weighted by molar-refractivity contribution is -0.116. The molecule has 2 aromatic rings. The number of benzene rings is 1. The van der Waals surface area contributed by atoms with Gasteiger partial charge in [-0.3, -0.25) is 4.79 Å². The van der Waals surface area contributed by atoms with Gasteiger partial charge in [0.25, 0.3) is 0 Å². The molecule has 0 saturated carbocycles. The summed E-state index contributed by atoms with van der Waals surface area (Å²) < 4.78 is 1.80. The van der Waals surface area contributed by atoms with Crippen LogP contribution in [0, 0.1) is 6.92 Å². The molecule has 0 atom stereocenters. The topological polar surface area (TPSA) is 59.0 Å². The van der Waals surface area contributed by atoms with E-state index < -0.39 is 0 Å². The Balaban J connectivity index is 1.90. The normalized spacial score (nSPS) is 10.9. The number of aromatic nitrogens is 2. The van der Waals surface area contributed by atoms with E-state index in [2.05, 4.69) is 29.5 Å². The number of para-hydroxylation sites is 1. The lowest BCUT2D eigenvalue weighted by atomic mass is 10.2. The molecule has 0 fully saturated rings. The van der Waals surface area contributed by atoms with Crippen LogP contribution in [0.5, 0.6) is 0 Å². The molecule has 0 aliphatic heterocycles. The standard InChI is InChI=1S/C16H22N4O/c1-12(2)17-8-14-9-20(11-18-14)10-16(21)19-15-7-5-4-6-13(15)3/h4-7,9,11-12,17H,8,10H2,1-3H3,(H,19,21). The highest BCUT2D eigenvalue weighted by atomic mass is 16.1. The second-order valence-corrected chi connectivity index (χ2v) is 5.44. The van der Waals surface area contributed by atoms with Crippen molar-refractivity contribution in [3.05, 3.63) is 48.0 Å². The Hall–Kier alpha value is -2.14. The maximum Gasteiger partial charge on any atom is 0.244 e. The Labute approximate surface area is 125 Å². The lowest BCUT2D eigenvalue weighted by Crippen LogP contribution is -2.22. The van der Waals surface area contributed by atoms with Gasteiger partial charge < -0.3 is 15.2 Å². The van der Waals surface area contributed by atoms with Crippen molar-refractivity contribution in [1.82, 2.24) is 14.9 Å².